The highest BCUT2D eigenvalue weighted by molar-refractivity contribution is 5.93. The smallest absolute Gasteiger partial charge is 0.330 e. The summed E-state index contributed by atoms with van der Waals surface area (Å²) in [4.78, 5) is 25.0. The molecule has 0 unspecified atom stereocenters. The second-order valence-corrected chi connectivity index (χ2v) is 6.36. The van der Waals surface area contributed by atoms with Crippen molar-refractivity contribution in [3.05, 3.63) is 56.9 Å². The van der Waals surface area contributed by atoms with E-state index in [0.717, 1.165) is 30.6 Å². The van der Waals surface area contributed by atoms with Crippen molar-refractivity contribution in [1.82, 2.24) is 13.7 Å². The Morgan fingerprint density at radius 1 is 1.00 bits per heavy atom. The molecule has 0 spiro atoms. The largest absolute Gasteiger partial charge is 0.345 e. The molecule has 0 amide bonds. The van der Waals surface area contributed by atoms with Crippen LogP contribution in [-0.2, 0) is 20.6 Å². The summed E-state index contributed by atoms with van der Waals surface area (Å²) >= 11 is 0. The molecular weight excluding hydrogens is 302 g/mol. The number of benzene rings is 1. The summed E-state index contributed by atoms with van der Waals surface area (Å²) in [7, 11) is 3.25. The van der Waals surface area contributed by atoms with Crippen LogP contribution in [0, 0.1) is 6.92 Å². The Bertz CT molecular complexity index is 1000. The normalized spacial score (nSPS) is 11.3. The van der Waals surface area contributed by atoms with Gasteiger partial charge in [0.2, 0.25) is 0 Å². The minimum Gasteiger partial charge on any atom is -0.345 e. The van der Waals surface area contributed by atoms with Crippen molar-refractivity contribution in [2.24, 2.45) is 14.1 Å². The van der Waals surface area contributed by atoms with Crippen molar-refractivity contribution in [3.63, 3.8) is 0 Å². The maximum absolute atomic E-state index is 12.8. The molecule has 0 bridgehead atoms. The van der Waals surface area contributed by atoms with E-state index in [9.17, 15) is 9.59 Å². The number of hydrogen-bond acceptors (Lipinski definition) is 2. The topological polar surface area (TPSA) is 48.9 Å². The quantitative estimate of drug-likeness (QED) is 0.740. The average molecular weight is 325 g/mol. The number of aromatic nitrogens is 3. The zero-order valence-corrected chi connectivity index (χ0v) is 14.7. The molecule has 0 aliphatic rings. The van der Waals surface area contributed by atoms with Gasteiger partial charge in [-0.1, -0.05) is 43.2 Å². The Morgan fingerprint density at radius 3 is 2.29 bits per heavy atom. The minimum atomic E-state index is -0.296. The maximum atomic E-state index is 12.8. The van der Waals surface area contributed by atoms with Gasteiger partial charge in [0, 0.05) is 26.8 Å². The third-order valence-electron chi connectivity index (χ3n) is 4.59. The van der Waals surface area contributed by atoms with Gasteiger partial charge >= 0.3 is 5.69 Å². The lowest BCUT2D eigenvalue weighted by atomic mass is 10.1. The Hall–Kier alpha value is -2.56. The van der Waals surface area contributed by atoms with Gasteiger partial charge in [0.15, 0.2) is 0 Å². The van der Waals surface area contributed by atoms with Gasteiger partial charge in [0.25, 0.3) is 5.56 Å². The molecule has 126 valence electrons. The van der Waals surface area contributed by atoms with Gasteiger partial charge < -0.3 is 4.57 Å². The summed E-state index contributed by atoms with van der Waals surface area (Å²) in [6.07, 6.45) is 4.02. The molecule has 2 heterocycles. The lowest BCUT2D eigenvalue weighted by Crippen LogP contribution is -2.36. The first-order valence-electron chi connectivity index (χ1n) is 8.31. The van der Waals surface area contributed by atoms with Crippen molar-refractivity contribution in [3.8, 4) is 11.3 Å². The van der Waals surface area contributed by atoms with E-state index in [2.05, 4.69) is 11.5 Å². The van der Waals surface area contributed by atoms with Crippen LogP contribution in [0.5, 0.6) is 0 Å². The van der Waals surface area contributed by atoms with Crippen LogP contribution in [0.25, 0.3) is 22.2 Å². The van der Waals surface area contributed by atoms with Crippen LogP contribution in [-0.4, -0.2) is 13.7 Å². The van der Waals surface area contributed by atoms with Gasteiger partial charge in [-0.05, 0) is 18.9 Å². The van der Waals surface area contributed by atoms with E-state index in [-0.39, 0.29) is 11.2 Å². The standard InChI is InChI=1S/C19H23N3O2/c1-5-6-11-22-12-15-16(18(23)21(4)19(24)20(15)3)17(22)14-9-7-13(2)8-10-14/h7-10,12H,5-6,11H2,1-4H3. The summed E-state index contributed by atoms with van der Waals surface area (Å²) in [5, 5.41) is 0.611. The third kappa shape index (κ3) is 2.50. The van der Waals surface area contributed by atoms with Crippen molar-refractivity contribution in [2.45, 2.75) is 33.2 Å². The number of rotatable bonds is 4. The lowest BCUT2D eigenvalue weighted by molar-refractivity contribution is 0.640. The molecule has 5 heteroatoms. The SMILES string of the molecule is CCCCn1cc2c(c1-c1ccc(C)cc1)c(=O)n(C)c(=O)n2C. The van der Waals surface area contributed by atoms with Crippen LogP contribution >= 0.6 is 0 Å². The lowest BCUT2D eigenvalue weighted by Gasteiger charge is -2.10. The number of hydrogen-bond donors (Lipinski definition) is 0. The van der Waals surface area contributed by atoms with Gasteiger partial charge in [0.1, 0.15) is 0 Å². The van der Waals surface area contributed by atoms with Gasteiger partial charge in [-0.25, -0.2) is 4.79 Å². The summed E-state index contributed by atoms with van der Waals surface area (Å²) in [6.45, 7) is 5.01. The van der Waals surface area contributed by atoms with Crippen molar-refractivity contribution in [1.29, 1.82) is 0 Å². The molecule has 5 nitrogen and oxygen atoms in total. The summed E-state index contributed by atoms with van der Waals surface area (Å²) in [5.41, 5.74) is 3.23. The summed E-state index contributed by atoms with van der Waals surface area (Å²) in [6, 6.07) is 8.17. The zero-order valence-electron chi connectivity index (χ0n) is 14.7. The van der Waals surface area contributed by atoms with E-state index in [0.29, 0.717) is 10.9 Å². The van der Waals surface area contributed by atoms with E-state index in [1.54, 1.807) is 11.6 Å². The fourth-order valence-corrected chi connectivity index (χ4v) is 3.12. The highest BCUT2D eigenvalue weighted by atomic mass is 16.2. The van der Waals surface area contributed by atoms with Crippen LogP contribution in [0.3, 0.4) is 0 Å². The molecule has 0 radical (unpaired) electrons. The monoisotopic (exact) mass is 325 g/mol. The first-order valence-corrected chi connectivity index (χ1v) is 8.31. The third-order valence-corrected chi connectivity index (χ3v) is 4.59. The molecule has 0 N–H and O–H groups in total. The van der Waals surface area contributed by atoms with E-state index in [4.69, 9.17) is 0 Å². The fraction of sp³-hybridized carbons (Fsp3) is 0.368. The first-order chi connectivity index (χ1) is 11.5. The molecule has 0 atom stereocenters. The second kappa shape index (κ2) is 6.15. The van der Waals surface area contributed by atoms with Gasteiger partial charge in [-0.15, -0.1) is 0 Å². The Balaban J connectivity index is 2.41. The molecule has 2 aromatic heterocycles. The molecule has 0 aliphatic heterocycles. The molecular formula is C19H23N3O2. The Labute approximate surface area is 140 Å². The molecule has 24 heavy (non-hydrogen) atoms. The number of unbranched alkanes of at least 4 members (excludes halogenated alkanes) is 1. The molecule has 3 aromatic rings. The molecule has 0 saturated carbocycles. The number of fused-ring (bicyclic) bond motifs is 1. The number of nitrogens with zero attached hydrogens (tertiary/aromatic N) is 3. The molecule has 3 rings (SSSR count). The summed E-state index contributed by atoms with van der Waals surface area (Å²) < 4.78 is 4.85. The van der Waals surface area contributed by atoms with Crippen molar-refractivity contribution < 1.29 is 0 Å². The van der Waals surface area contributed by atoms with E-state index < -0.39 is 0 Å². The van der Waals surface area contributed by atoms with E-state index >= 15 is 0 Å². The fourth-order valence-electron chi connectivity index (χ4n) is 3.12. The van der Waals surface area contributed by atoms with Gasteiger partial charge in [-0.2, -0.15) is 0 Å². The predicted octanol–water partition coefficient (Wildman–Crippen LogP) is 2.81. The van der Waals surface area contributed by atoms with E-state index in [1.807, 2.05) is 37.4 Å². The molecule has 0 aliphatic carbocycles. The highest BCUT2D eigenvalue weighted by Gasteiger charge is 2.18. The second-order valence-electron chi connectivity index (χ2n) is 6.36. The average Bonchev–Trinajstić information content (AvgIpc) is 2.96. The zero-order chi connectivity index (χ0) is 17.4. The first kappa shape index (κ1) is 16.3. The van der Waals surface area contributed by atoms with Gasteiger partial charge in [0.05, 0.1) is 16.6 Å². The number of aryl methyl sites for hydroxylation is 3. The van der Waals surface area contributed by atoms with Crippen molar-refractivity contribution in [2.75, 3.05) is 0 Å². The highest BCUT2D eigenvalue weighted by Crippen LogP contribution is 2.28. The molecule has 0 saturated heterocycles. The van der Waals surface area contributed by atoms with E-state index in [1.165, 1.54) is 17.2 Å². The minimum absolute atomic E-state index is 0.237. The van der Waals surface area contributed by atoms with Crippen LogP contribution in [0.4, 0.5) is 0 Å². The molecule has 1 aromatic carbocycles. The predicted molar refractivity (Wildman–Crippen MR) is 97.5 cm³/mol. The van der Waals surface area contributed by atoms with Crippen LogP contribution < -0.4 is 11.2 Å². The maximum Gasteiger partial charge on any atom is 0.330 e. The molecule has 0 fully saturated rings. The van der Waals surface area contributed by atoms with Crippen molar-refractivity contribution >= 4 is 10.9 Å². The van der Waals surface area contributed by atoms with Gasteiger partial charge in [-0.3, -0.25) is 13.9 Å². The Kier molecular flexibility index (Phi) is 4.18. The van der Waals surface area contributed by atoms with Crippen LogP contribution in [0.1, 0.15) is 25.3 Å². The Morgan fingerprint density at radius 2 is 1.67 bits per heavy atom. The van der Waals surface area contributed by atoms with Crippen LogP contribution in [0.2, 0.25) is 0 Å². The van der Waals surface area contributed by atoms with Crippen LogP contribution in [0.15, 0.2) is 40.1 Å². The summed E-state index contributed by atoms with van der Waals surface area (Å²) in [5.74, 6) is 0.